The van der Waals surface area contributed by atoms with Gasteiger partial charge in [0.15, 0.2) is 0 Å². The minimum absolute atomic E-state index is 0.282. The molecule has 0 aliphatic carbocycles. The molecule has 0 spiro atoms. The highest BCUT2D eigenvalue weighted by Gasteiger charge is 2.27. The van der Waals surface area contributed by atoms with Crippen LogP contribution in [0.3, 0.4) is 0 Å². The summed E-state index contributed by atoms with van der Waals surface area (Å²) in [6.45, 7) is 12.5. The highest BCUT2D eigenvalue weighted by atomic mass is 15.2. The third kappa shape index (κ3) is 2.80. The van der Waals surface area contributed by atoms with E-state index in [-0.39, 0.29) is 5.54 Å². The van der Waals surface area contributed by atoms with Crippen LogP contribution in [0.4, 0.5) is 0 Å². The van der Waals surface area contributed by atoms with Gasteiger partial charge in [-0.1, -0.05) is 6.92 Å². The van der Waals surface area contributed by atoms with E-state index < -0.39 is 0 Å². The highest BCUT2D eigenvalue weighted by Crippen LogP contribution is 2.10. The molecule has 1 aliphatic rings. The first kappa shape index (κ1) is 9.01. The lowest BCUT2D eigenvalue weighted by molar-refractivity contribution is 0.114. The normalized spacial score (nSPS) is 21.8. The maximum atomic E-state index is 3.58. The van der Waals surface area contributed by atoms with Crippen LogP contribution in [0.25, 0.3) is 0 Å². The molecule has 1 N–H and O–H groups in total. The van der Waals surface area contributed by atoms with Crippen LogP contribution < -0.4 is 5.32 Å². The molecule has 0 radical (unpaired) electrons. The van der Waals surface area contributed by atoms with Gasteiger partial charge in [-0.2, -0.15) is 0 Å². The number of likely N-dealkylation sites (N-methyl/N-ethyl adjacent to an activating group) is 1. The molecule has 0 unspecified atom stereocenters. The van der Waals surface area contributed by atoms with Crippen molar-refractivity contribution in [2.24, 2.45) is 0 Å². The van der Waals surface area contributed by atoms with Gasteiger partial charge >= 0.3 is 0 Å². The molecule has 0 atom stereocenters. The Morgan fingerprint density at radius 1 is 1.36 bits per heavy atom. The van der Waals surface area contributed by atoms with Gasteiger partial charge in [0.05, 0.1) is 0 Å². The van der Waals surface area contributed by atoms with Gasteiger partial charge in [-0.3, -0.25) is 0 Å². The maximum Gasteiger partial charge on any atom is 0.0327 e. The molecule has 11 heavy (non-hydrogen) atoms. The summed E-state index contributed by atoms with van der Waals surface area (Å²) >= 11 is 0. The molecule has 2 nitrogen and oxygen atoms in total. The fraction of sp³-hybridized carbons (Fsp3) is 1.00. The summed E-state index contributed by atoms with van der Waals surface area (Å²) in [5.41, 5.74) is 0.282. The molecule has 1 heterocycles. The molecule has 1 saturated heterocycles. The molecule has 0 saturated carbocycles. The third-order valence-corrected chi connectivity index (χ3v) is 2.04. The first-order valence-electron chi connectivity index (χ1n) is 4.51. The van der Waals surface area contributed by atoms with Crippen molar-refractivity contribution in [3.8, 4) is 0 Å². The first-order valence-corrected chi connectivity index (χ1v) is 4.51. The minimum atomic E-state index is 0.282. The molecular formula is C9H20N2. The van der Waals surface area contributed by atoms with Gasteiger partial charge in [-0.15, -0.1) is 0 Å². The smallest absolute Gasteiger partial charge is 0.0327 e. The van der Waals surface area contributed by atoms with E-state index in [1.54, 1.807) is 0 Å². The summed E-state index contributed by atoms with van der Waals surface area (Å²) in [6, 6.07) is 0.731. The topological polar surface area (TPSA) is 15.3 Å². The van der Waals surface area contributed by atoms with Crippen LogP contribution in [0.5, 0.6) is 0 Å². The van der Waals surface area contributed by atoms with Crippen molar-refractivity contribution in [3.05, 3.63) is 0 Å². The minimum Gasteiger partial charge on any atom is -0.307 e. The van der Waals surface area contributed by atoms with Crippen LogP contribution >= 0.6 is 0 Å². The van der Waals surface area contributed by atoms with Crippen molar-refractivity contribution in [3.63, 3.8) is 0 Å². The molecule has 1 rings (SSSR count). The summed E-state index contributed by atoms with van der Waals surface area (Å²) in [5, 5.41) is 3.58. The molecular weight excluding hydrogens is 136 g/mol. The summed E-state index contributed by atoms with van der Waals surface area (Å²) in [5.74, 6) is 0. The van der Waals surface area contributed by atoms with Crippen molar-refractivity contribution in [2.45, 2.75) is 39.3 Å². The molecule has 1 fully saturated rings. The molecule has 2 heteroatoms. The number of nitrogens with one attached hydrogen (secondary N) is 1. The quantitative estimate of drug-likeness (QED) is 0.643. The molecule has 1 aliphatic heterocycles. The van der Waals surface area contributed by atoms with Crippen LogP contribution in [0.1, 0.15) is 27.7 Å². The second kappa shape index (κ2) is 3.11. The van der Waals surface area contributed by atoms with Gasteiger partial charge < -0.3 is 10.2 Å². The van der Waals surface area contributed by atoms with Crippen molar-refractivity contribution in [1.82, 2.24) is 10.2 Å². The van der Waals surface area contributed by atoms with E-state index in [1.165, 1.54) is 19.6 Å². The highest BCUT2D eigenvalue weighted by molar-refractivity contribution is 4.89. The average Bonchev–Trinajstić information content (AvgIpc) is 1.75. The second-order valence-electron chi connectivity index (χ2n) is 4.44. The largest absolute Gasteiger partial charge is 0.307 e. The molecule has 0 aromatic rings. The second-order valence-corrected chi connectivity index (χ2v) is 4.44. The van der Waals surface area contributed by atoms with Gasteiger partial charge in [-0.05, 0) is 27.3 Å². The third-order valence-electron chi connectivity index (χ3n) is 2.04. The number of likely N-dealkylation sites (tertiary alicyclic amines) is 1. The van der Waals surface area contributed by atoms with E-state index in [1.807, 2.05) is 0 Å². The standard InChI is InChI=1S/C9H20N2/c1-5-11-6-8(7-11)10-9(2,3)4/h8,10H,5-7H2,1-4H3. The van der Waals surface area contributed by atoms with Crippen molar-refractivity contribution < 1.29 is 0 Å². The van der Waals surface area contributed by atoms with Crippen LogP contribution in [-0.2, 0) is 0 Å². The van der Waals surface area contributed by atoms with E-state index in [9.17, 15) is 0 Å². The van der Waals surface area contributed by atoms with E-state index >= 15 is 0 Å². The number of hydrogen-bond donors (Lipinski definition) is 1. The number of hydrogen-bond acceptors (Lipinski definition) is 2. The van der Waals surface area contributed by atoms with E-state index in [0.29, 0.717) is 0 Å². The lowest BCUT2D eigenvalue weighted by Crippen LogP contribution is -2.61. The molecule has 66 valence electrons. The van der Waals surface area contributed by atoms with Gasteiger partial charge in [0, 0.05) is 24.7 Å². The SMILES string of the molecule is CCN1CC(NC(C)(C)C)C1. The zero-order valence-corrected chi connectivity index (χ0v) is 8.15. The Bertz CT molecular complexity index is 120. The Morgan fingerprint density at radius 2 is 1.91 bits per heavy atom. The predicted octanol–water partition coefficient (Wildman–Crippen LogP) is 1.08. The molecule has 0 bridgehead atoms. The Morgan fingerprint density at radius 3 is 2.27 bits per heavy atom. The molecule has 0 aromatic carbocycles. The van der Waals surface area contributed by atoms with E-state index in [4.69, 9.17) is 0 Å². The van der Waals surface area contributed by atoms with Gasteiger partial charge in [0.1, 0.15) is 0 Å². The fourth-order valence-electron chi connectivity index (χ4n) is 1.53. The van der Waals surface area contributed by atoms with Crippen molar-refractivity contribution in [1.29, 1.82) is 0 Å². The van der Waals surface area contributed by atoms with Gasteiger partial charge in [-0.25, -0.2) is 0 Å². The lowest BCUT2D eigenvalue weighted by atomic mass is 10.0. The summed E-state index contributed by atoms with van der Waals surface area (Å²) in [4.78, 5) is 2.45. The van der Waals surface area contributed by atoms with E-state index in [0.717, 1.165) is 6.04 Å². The predicted molar refractivity (Wildman–Crippen MR) is 48.8 cm³/mol. The van der Waals surface area contributed by atoms with Gasteiger partial charge in [0.2, 0.25) is 0 Å². The molecule has 0 aromatic heterocycles. The monoisotopic (exact) mass is 156 g/mol. The Labute approximate surface area is 70.0 Å². The Kier molecular flexibility index (Phi) is 2.55. The maximum absolute atomic E-state index is 3.58. The van der Waals surface area contributed by atoms with Crippen LogP contribution in [-0.4, -0.2) is 36.1 Å². The van der Waals surface area contributed by atoms with E-state index in [2.05, 4.69) is 37.9 Å². The van der Waals surface area contributed by atoms with Crippen LogP contribution in [0.2, 0.25) is 0 Å². The average molecular weight is 156 g/mol. The Hall–Kier alpha value is -0.0800. The van der Waals surface area contributed by atoms with Crippen molar-refractivity contribution >= 4 is 0 Å². The van der Waals surface area contributed by atoms with Crippen LogP contribution in [0, 0.1) is 0 Å². The number of rotatable bonds is 2. The lowest BCUT2D eigenvalue weighted by Gasteiger charge is -2.42. The zero-order chi connectivity index (χ0) is 8.48. The fourth-order valence-corrected chi connectivity index (χ4v) is 1.53. The first-order chi connectivity index (χ1) is 5.01. The summed E-state index contributed by atoms with van der Waals surface area (Å²) in [7, 11) is 0. The summed E-state index contributed by atoms with van der Waals surface area (Å²) in [6.07, 6.45) is 0. The van der Waals surface area contributed by atoms with Gasteiger partial charge in [0.25, 0.3) is 0 Å². The molecule has 0 amide bonds. The zero-order valence-electron chi connectivity index (χ0n) is 8.15. The van der Waals surface area contributed by atoms with Crippen molar-refractivity contribution in [2.75, 3.05) is 19.6 Å². The van der Waals surface area contributed by atoms with Crippen LogP contribution in [0.15, 0.2) is 0 Å². The Balaban J connectivity index is 2.14. The number of nitrogens with zero attached hydrogens (tertiary/aromatic N) is 1. The summed E-state index contributed by atoms with van der Waals surface area (Å²) < 4.78 is 0.